The Labute approximate surface area is 92.8 Å². The number of methoxy groups -OCH3 is 1. The quantitative estimate of drug-likeness (QED) is 0.552. The highest BCUT2D eigenvalue weighted by atomic mass is 16.6. The molecule has 0 amide bonds. The Hall–Kier alpha value is -0.160. The van der Waals surface area contributed by atoms with Gasteiger partial charge >= 0.3 is 0 Å². The standard InChI is InChI=1S/C11H24O4/c1-11(2,3)15-10-9-14-8-7-13-6-5-12-4/h5-10H2,1-4H3. The molecule has 0 fully saturated rings. The van der Waals surface area contributed by atoms with Crippen LogP contribution < -0.4 is 0 Å². The molecule has 92 valence electrons. The van der Waals surface area contributed by atoms with E-state index in [1.165, 1.54) is 0 Å². The minimum absolute atomic E-state index is 0.0850. The van der Waals surface area contributed by atoms with Crippen LogP contribution in [0.25, 0.3) is 0 Å². The Balaban J connectivity index is 2.99. The van der Waals surface area contributed by atoms with Gasteiger partial charge in [-0.25, -0.2) is 0 Å². The van der Waals surface area contributed by atoms with Crippen LogP contribution in [0.5, 0.6) is 0 Å². The largest absolute Gasteiger partial charge is 0.382 e. The van der Waals surface area contributed by atoms with E-state index in [0.29, 0.717) is 39.6 Å². The SMILES string of the molecule is COCCOCCOCCOC(C)(C)C. The van der Waals surface area contributed by atoms with Crippen molar-refractivity contribution in [1.82, 2.24) is 0 Å². The first-order valence-electron chi connectivity index (χ1n) is 5.34. The minimum Gasteiger partial charge on any atom is -0.382 e. The molecule has 0 radical (unpaired) electrons. The molecule has 0 saturated heterocycles. The second kappa shape index (κ2) is 9.09. The molecular weight excluding hydrogens is 196 g/mol. The predicted octanol–water partition coefficient (Wildman–Crippen LogP) is 1.48. The third kappa shape index (κ3) is 13.8. The number of hydrogen-bond donors (Lipinski definition) is 0. The van der Waals surface area contributed by atoms with Gasteiger partial charge < -0.3 is 18.9 Å². The van der Waals surface area contributed by atoms with E-state index in [0.717, 1.165) is 0 Å². The molecule has 0 aliphatic carbocycles. The van der Waals surface area contributed by atoms with Gasteiger partial charge in [0.2, 0.25) is 0 Å². The van der Waals surface area contributed by atoms with Crippen LogP contribution in [0.3, 0.4) is 0 Å². The topological polar surface area (TPSA) is 36.9 Å². The van der Waals surface area contributed by atoms with E-state index < -0.39 is 0 Å². The van der Waals surface area contributed by atoms with Crippen molar-refractivity contribution in [3.8, 4) is 0 Å². The lowest BCUT2D eigenvalue weighted by Gasteiger charge is -2.19. The summed E-state index contributed by atoms with van der Waals surface area (Å²) in [5.74, 6) is 0. The lowest BCUT2D eigenvalue weighted by atomic mass is 10.2. The lowest BCUT2D eigenvalue weighted by Crippen LogP contribution is -2.22. The molecule has 0 aromatic rings. The lowest BCUT2D eigenvalue weighted by molar-refractivity contribution is -0.0442. The summed E-state index contributed by atoms with van der Waals surface area (Å²) in [6.45, 7) is 9.80. The number of ether oxygens (including phenoxy) is 4. The zero-order chi connectivity index (χ0) is 11.6. The molecular formula is C11H24O4. The van der Waals surface area contributed by atoms with Crippen LogP contribution in [-0.4, -0.2) is 52.4 Å². The van der Waals surface area contributed by atoms with Crippen molar-refractivity contribution in [2.75, 3.05) is 46.8 Å². The fourth-order valence-electron chi connectivity index (χ4n) is 0.871. The predicted molar refractivity (Wildman–Crippen MR) is 59.2 cm³/mol. The van der Waals surface area contributed by atoms with E-state index in [1.54, 1.807) is 7.11 Å². The van der Waals surface area contributed by atoms with Crippen molar-refractivity contribution in [3.63, 3.8) is 0 Å². The first-order valence-corrected chi connectivity index (χ1v) is 5.34. The van der Waals surface area contributed by atoms with E-state index in [-0.39, 0.29) is 5.60 Å². The summed E-state index contributed by atoms with van der Waals surface area (Å²) in [6, 6.07) is 0. The molecule has 0 heterocycles. The van der Waals surface area contributed by atoms with Crippen LogP contribution in [-0.2, 0) is 18.9 Å². The van der Waals surface area contributed by atoms with Gasteiger partial charge in [0.15, 0.2) is 0 Å². The number of rotatable bonds is 9. The molecule has 0 rings (SSSR count). The Morgan fingerprint density at radius 2 is 1.20 bits per heavy atom. The maximum atomic E-state index is 5.49. The molecule has 15 heavy (non-hydrogen) atoms. The van der Waals surface area contributed by atoms with Crippen LogP contribution in [0, 0.1) is 0 Å². The van der Waals surface area contributed by atoms with Crippen LogP contribution in [0.2, 0.25) is 0 Å². The Bertz CT molecular complexity index is 131. The van der Waals surface area contributed by atoms with Crippen molar-refractivity contribution < 1.29 is 18.9 Å². The van der Waals surface area contributed by atoms with Gasteiger partial charge in [-0.3, -0.25) is 0 Å². The van der Waals surface area contributed by atoms with E-state index in [4.69, 9.17) is 18.9 Å². The second-order valence-electron chi connectivity index (χ2n) is 4.18. The fraction of sp³-hybridized carbons (Fsp3) is 1.00. The molecule has 0 saturated carbocycles. The van der Waals surface area contributed by atoms with Crippen LogP contribution >= 0.6 is 0 Å². The summed E-state index contributed by atoms with van der Waals surface area (Å²) < 4.78 is 20.9. The third-order valence-electron chi connectivity index (χ3n) is 1.57. The molecule has 0 unspecified atom stereocenters. The maximum Gasteiger partial charge on any atom is 0.0707 e. The van der Waals surface area contributed by atoms with E-state index in [2.05, 4.69) is 0 Å². The molecule has 0 aliphatic heterocycles. The van der Waals surface area contributed by atoms with Gasteiger partial charge in [-0.15, -0.1) is 0 Å². The first kappa shape index (κ1) is 14.8. The average molecular weight is 220 g/mol. The summed E-state index contributed by atoms with van der Waals surface area (Å²) in [7, 11) is 1.66. The summed E-state index contributed by atoms with van der Waals surface area (Å²) in [5.41, 5.74) is -0.0850. The second-order valence-corrected chi connectivity index (χ2v) is 4.18. The van der Waals surface area contributed by atoms with Crippen molar-refractivity contribution in [2.45, 2.75) is 26.4 Å². The van der Waals surface area contributed by atoms with E-state index in [1.807, 2.05) is 20.8 Å². The third-order valence-corrected chi connectivity index (χ3v) is 1.57. The maximum absolute atomic E-state index is 5.49. The van der Waals surface area contributed by atoms with E-state index >= 15 is 0 Å². The molecule has 0 aromatic carbocycles. The summed E-state index contributed by atoms with van der Waals surface area (Å²) >= 11 is 0. The highest BCUT2D eigenvalue weighted by Gasteiger charge is 2.08. The molecule has 0 bridgehead atoms. The smallest absolute Gasteiger partial charge is 0.0707 e. The highest BCUT2D eigenvalue weighted by molar-refractivity contribution is 4.57. The zero-order valence-corrected chi connectivity index (χ0v) is 10.4. The van der Waals surface area contributed by atoms with Gasteiger partial charge in [-0.05, 0) is 20.8 Å². The Morgan fingerprint density at radius 3 is 1.67 bits per heavy atom. The molecule has 4 nitrogen and oxygen atoms in total. The van der Waals surface area contributed by atoms with Gasteiger partial charge in [0.1, 0.15) is 0 Å². The van der Waals surface area contributed by atoms with Crippen molar-refractivity contribution >= 4 is 0 Å². The minimum atomic E-state index is -0.0850. The molecule has 0 spiro atoms. The van der Waals surface area contributed by atoms with Gasteiger partial charge in [0.25, 0.3) is 0 Å². The van der Waals surface area contributed by atoms with Crippen LogP contribution in [0.4, 0.5) is 0 Å². The van der Waals surface area contributed by atoms with E-state index in [9.17, 15) is 0 Å². The van der Waals surface area contributed by atoms with Crippen molar-refractivity contribution in [2.24, 2.45) is 0 Å². The molecule has 4 heteroatoms. The summed E-state index contributed by atoms with van der Waals surface area (Å²) in [5, 5.41) is 0. The zero-order valence-electron chi connectivity index (χ0n) is 10.4. The Kier molecular flexibility index (Phi) is 9.00. The highest BCUT2D eigenvalue weighted by Crippen LogP contribution is 2.05. The van der Waals surface area contributed by atoms with Gasteiger partial charge in [0, 0.05) is 7.11 Å². The molecule has 0 aromatic heterocycles. The van der Waals surface area contributed by atoms with Crippen molar-refractivity contribution in [1.29, 1.82) is 0 Å². The van der Waals surface area contributed by atoms with Crippen molar-refractivity contribution in [3.05, 3.63) is 0 Å². The fourth-order valence-corrected chi connectivity index (χ4v) is 0.871. The van der Waals surface area contributed by atoms with Gasteiger partial charge in [-0.1, -0.05) is 0 Å². The molecule has 0 aliphatic rings. The molecule has 0 atom stereocenters. The van der Waals surface area contributed by atoms with Crippen LogP contribution in [0.1, 0.15) is 20.8 Å². The first-order chi connectivity index (χ1) is 7.06. The molecule has 0 N–H and O–H groups in total. The Morgan fingerprint density at radius 1 is 0.733 bits per heavy atom. The number of hydrogen-bond acceptors (Lipinski definition) is 4. The summed E-state index contributed by atoms with van der Waals surface area (Å²) in [6.07, 6.45) is 0. The monoisotopic (exact) mass is 220 g/mol. The van der Waals surface area contributed by atoms with Gasteiger partial charge in [-0.2, -0.15) is 0 Å². The van der Waals surface area contributed by atoms with Crippen LogP contribution in [0.15, 0.2) is 0 Å². The summed E-state index contributed by atoms with van der Waals surface area (Å²) in [4.78, 5) is 0. The average Bonchev–Trinajstić information content (AvgIpc) is 2.14. The normalized spacial score (nSPS) is 12.0. The van der Waals surface area contributed by atoms with Gasteiger partial charge in [0.05, 0.1) is 45.2 Å².